The maximum absolute atomic E-state index is 12.6. The molecule has 0 aliphatic rings. The van der Waals surface area contributed by atoms with Crippen LogP contribution in [-0.2, 0) is 18.5 Å². The van der Waals surface area contributed by atoms with Gasteiger partial charge in [-0.05, 0) is 54.8 Å². The van der Waals surface area contributed by atoms with Crippen LogP contribution >= 0.6 is 15.9 Å². The van der Waals surface area contributed by atoms with E-state index in [0.717, 1.165) is 15.7 Å². The standard InChI is InChI=1S/C26H27BrN4O/c1-26(2,3)31-24(29-25(32)28-17-18-11-13-21(27)14-12-18)16-22(30-31)15-20-9-6-8-19-7-4-5-10-23(19)20/h4-14,16H,15,17H2,1-3H3,(H2,28,29,32). The van der Waals surface area contributed by atoms with E-state index in [2.05, 4.69) is 89.8 Å². The number of amides is 2. The number of anilines is 1. The molecule has 0 fully saturated rings. The van der Waals surface area contributed by atoms with Gasteiger partial charge in [-0.2, -0.15) is 5.10 Å². The van der Waals surface area contributed by atoms with Crippen LogP contribution in [0.25, 0.3) is 10.8 Å². The third kappa shape index (κ3) is 5.19. The van der Waals surface area contributed by atoms with Gasteiger partial charge in [0.25, 0.3) is 0 Å². The normalized spacial score (nSPS) is 11.5. The van der Waals surface area contributed by atoms with Gasteiger partial charge in [0.15, 0.2) is 0 Å². The minimum atomic E-state index is -0.272. The molecule has 0 bridgehead atoms. The van der Waals surface area contributed by atoms with Crippen LogP contribution in [0.4, 0.5) is 10.6 Å². The molecule has 0 unspecified atom stereocenters. The van der Waals surface area contributed by atoms with Gasteiger partial charge in [-0.25, -0.2) is 9.48 Å². The Kier molecular flexibility index (Phi) is 6.33. The van der Waals surface area contributed by atoms with Crippen molar-refractivity contribution in [2.24, 2.45) is 0 Å². The highest BCUT2D eigenvalue weighted by atomic mass is 79.9. The molecule has 32 heavy (non-hydrogen) atoms. The van der Waals surface area contributed by atoms with Gasteiger partial charge in [-0.3, -0.25) is 5.32 Å². The Balaban J connectivity index is 1.53. The number of nitrogens with one attached hydrogen (secondary N) is 2. The summed E-state index contributed by atoms with van der Waals surface area (Å²) in [6.45, 7) is 6.68. The predicted molar refractivity (Wildman–Crippen MR) is 134 cm³/mol. The molecule has 3 aromatic carbocycles. The van der Waals surface area contributed by atoms with Gasteiger partial charge >= 0.3 is 6.03 Å². The van der Waals surface area contributed by atoms with E-state index in [-0.39, 0.29) is 11.6 Å². The van der Waals surface area contributed by atoms with E-state index in [9.17, 15) is 4.79 Å². The second kappa shape index (κ2) is 9.17. The topological polar surface area (TPSA) is 59.0 Å². The molecule has 0 aliphatic carbocycles. The number of urea groups is 1. The van der Waals surface area contributed by atoms with Crippen LogP contribution < -0.4 is 10.6 Å². The molecule has 5 nitrogen and oxygen atoms in total. The summed E-state index contributed by atoms with van der Waals surface area (Å²) in [7, 11) is 0. The number of carbonyl (C=O) groups is 1. The van der Waals surface area contributed by atoms with Gasteiger partial charge in [0.2, 0.25) is 0 Å². The number of fused-ring (bicyclic) bond motifs is 1. The Bertz CT molecular complexity index is 1230. The Labute approximate surface area is 197 Å². The second-order valence-electron chi connectivity index (χ2n) is 8.85. The van der Waals surface area contributed by atoms with Crippen LogP contribution in [0.5, 0.6) is 0 Å². The summed E-state index contributed by atoms with van der Waals surface area (Å²) >= 11 is 3.43. The largest absolute Gasteiger partial charge is 0.334 e. The number of benzene rings is 3. The summed E-state index contributed by atoms with van der Waals surface area (Å²) in [5, 5.41) is 13.2. The lowest BCUT2D eigenvalue weighted by Gasteiger charge is -2.22. The van der Waals surface area contributed by atoms with Gasteiger partial charge in [0, 0.05) is 23.5 Å². The molecule has 0 atom stereocenters. The number of halogens is 1. The summed E-state index contributed by atoms with van der Waals surface area (Å²) in [5.41, 5.74) is 2.89. The molecule has 0 saturated heterocycles. The van der Waals surface area contributed by atoms with Crippen molar-refractivity contribution in [3.05, 3.63) is 94.1 Å². The van der Waals surface area contributed by atoms with Crippen molar-refractivity contribution in [1.29, 1.82) is 0 Å². The van der Waals surface area contributed by atoms with E-state index >= 15 is 0 Å². The first kappa shape index (κ1) is 22.1. The minimum absolute atomic E-state index is 0.255. The number of carbonyl (C=O) groups excluding carboxylic acids is 1. The number of rotatable bonds is 5. The fourth-order valence-electron chi connectivity index (χ4n) is 3.70. The van der Waals surface area contributed by atoms with E-state index in [1.54, 1.807) is 0 Å². The first-order chi connectivity index (χ1) is 15.3. The molecule has 6 heteroatoms. The van der Waals surface area contributed by atoms with Gasteiger partial charge in [0.1, 0.15) is 5.82 Å². The maximum Gasteiger partial charge on any atom is 0.320 e. The molecular formula is C26H27BrN4O. The van der Waals surface area contributed by atoms with Crippen LogP contribution in [0.1, 0.15) is 37.6 Å². The monoisotopic (exact) mass is 490 g/mol. The molecule has 4 rings (SSSR count). The van der Waals surface area contributed by atoms with Crippen molar-refractivity contribution in [2.75, 3.05) is 5.32 Å². The van der Waals surface area contributed by atoms with Crippen LogP contribution in [0, 0.1) is 0 Å². The summed E-state index contributed by atoms with van der Waals surface area (Å²) < 4.78 is 2.89. The third-order valence-corrected chi connectivity index (χ3v) is 5.78. The zero-order chi connectivity index (χ0) is 22.7. The first-order valence-electron chi connectivity index (χ1n) is 10.6. The van der Waals surface area contributed by atoms with E-state index in [0.29, 0.717) is 18.8 Å². The summed E-state index contributed by atoms with van der Waals surface area (Å²) in [6.07, 6.45) is 0.694. The Morgan fingerprint density at radius 2 is 1.72 bits per heavy atom. The molecular weight excluding hydrogens is 464 g/mol. The van der Waals surface area contributed by atoms with Gasteiger partial charge in [-0.15, -0.1) is 0 Å². The van der Waals surface area contributed by atoms with E-state index in [1.807, 2.05) is 35.0 Å². The van der Waals surface area contributed by atoms with Crippen LogP contribution in [0.2, 0.25) is 0 Å². The molecule has 164 valence electrons. The van der Waals surface area contributed by atoms with E-state index in [4.69, 9.17) is 5.10 Å². The number of hydrogen-bond donors (Lipinski definition) is 2. The summed E-state index contributed by atoms with van der Waals surface area (Å²) in [4.78, 5) is 12.6. The summed E-state index contributed by atoms with van der Waals surface area (Å²) in [5.74, 6) is 0.682. The van der Waals surface area contributed by atoms with Crippen molar-refractivity contribution < 1.29 is 4.79 Å². The zero-order valence-electron chi connectivity index (χ0n) is 18.5. The smallest absolute Gasteiger partial charge is 0.320 e. The van der Waals surface area contributed by atoms with Crippen LogP contribution in [0.15, 0.2) is 77.3 Å². The van der Waals surface area contributed by atoms with Gasteiger partial charge < -0.3 is 5.32 Å². The Morgan fingerprint density at radius 3 is 2.47 bits per heavy atom. The molecule has 4 aromatic rings. The lowest BCUT2D eigenvalue weighted by molar-refractivity contribution is 0.251. The molecule has 0 aliphatic heterocycles. The lowest BCUT2D eigenvalue weighted by Crippen LogP contribution is -2.32. The second-order valence-corrected chi connectivity index (χ2v) is 9.77. The molecule has 0 spiro atoms. The highest BCUT2D eigenvalue weighted by molar-refractivity contribution is 9.10. The number of hydrogen-bond acceptors (Lipinski definition) is 2. The van der Waals surface area contributed by atoms with Crippen molar-refractivity contribution in [2.45, 2.75) is 39.3 Å². The van der Waals surface area contributed by atoms with Gasteiger partial charge in [0.05, 0.1) is 11.2 Å². The average Bonchev–Trinajstić information content (AvgIpc) is 3.16. The van der Waals surface area contributed by atoms with Crippen LogP contribution in [0.3, 0.4) is 0 Å². The Morgan fingerprint density at radius 1 is 1.00 bits per heavy atom. The maximum atomic E-state index is 12.6. The van der Waals surface area contributed by atoms with Gasteiger partial charge in [-0.1, -0.05) is 70.5 Å². The number of nitrogens with zero attached hydrogens (tertiary/aromatic N) is 2. The van der Waals surface area contributed by atoms with E-state index < -0.39 is 0 Å². The van der Waals surface area contributed by atoms with Crippen molar-refractivity contribution in [3.8, 4) is 0 Å². The molecule has 0 radical (unpaired) electrons. The highest BCUT2D eigenvalue weighted by Gasteiger charge is 2.21. The third-order valence-electron chi connectivity index (χ3n) is 5.25. The fraction of sp³-hybridized carbons (Fsp3) is 0.231. The molecule has 2 N–H and O–H groups in total. The quantitative estimate of drug-likeness (QED) is 0.336. The fourth-order valence-corrected chi connectivity index (χ4v) is 3.97. The average molecular weight is 491 g/mol. The molecule has 0 saturated carbocycles. The van der Waals surface area contributed by atoms with Crippen molar-refractivity contribution in [3.63, 3.8) is 0 Å². The first-order valence-corrected chi connectivity index (χ1v) is 11.4. The number of aromatic nitrogens is 2. The molecule has 1 heterocycles. The van der Waals surface area contributed by atoms with E-state index in [1.165, 1.54) is 16.3 Å². The Hall–Kier alpha value is -3.12. The highest BCUT2D eigenvalue weighted by Crippen LogP contribution is 2.25. The minimum Gasteiger partial charge on any atom is -0.334 e. The SMILES string of the molecule is CC(C)(C)n1nc(Cc2cccc3ccccc23)cc1NC(=O)NCc1ccc(Br)cc1. The van der Waals surface area contributed by atoms with Crippen LogP contribution in [-0.4, -0.2) is 15.8 Å². The summed E-state index contributed by atoms with van der Waals surface area (Å²) in [6, 6.07) is 24.3. The lowest BCUT2D eigenvalue weighted by atomic mass is 10.0. The molecule has 2 amide bonds. The molecule has 1 aromatic heterocycles. The predicted octanol–water partition coefficient (Wildman–Crippen LogP) is 6.47. The van der Waals surface area contributed by atoms with Crippen molar-refractivity contribution >= 4 is 38.6 Å². The zero-order valence-corrected chi connectivity index (χ0v) is 20.1. The van der Waals surface area contributed by atoms with Crippen molar-refractivity contribution in [1.82, 2.24) is 15.1 Å².